The lowest BCUT2D eigenvalue weighted by Gasteiger charge is -2.32. The first-order valence-electron chi connectivity index (χ1n) is 6.26. The van der Waals surface area contributed by atoms with Crippen LogP contribution in [0.2, 0.25) is 0 Å². The van der Waals surface area contributed by atoms with Gasteiger partial charge in [0.25, 0.3) is 0 Å². The molecule has 5 heteroatoms. The van der Waals surface area contributed by atoms with Crippen molar-refractivity contribution in [3.05, 3.63) is 0 Å². The van der Waals surface area contributed by atoms with E-state index in [-0.39, 0.29) is 6.61 Å². The molecule has 0 aliphatic heterocycles. The standard InChI is InChI=1S/C12H22F3NO/c1-9-3-4-11(7-10(9)2)16-5-6-17-8-12(13,14)15/h9-11,16H,3-8H2,1-2H3. The molecule has 1 saturated carbocycles. The summed E-state index contributed by atoms with van der Waals surface area (Å²) in [5.41, 5.74) is 0. The second kappa shape index (κ2) is 6.59. The van der Waals surface area contributed by atoms with E-state index >= 15 is 0 Å². The molecule has 1 N–H and O–H groups in total. The molecule has 102 valence electrons. The van der Waals surface area contributed by atoms with Crippen LogP contribution in [0.15, 0.2) is 0 Å². The fraction of sp³-hybridized carbons (Fsp3) is 1.00. The zero-order valence-electron chi connectivity index (χ0n) is 10.5. The van der Waals surface area contributed by atoms with E-state index in [2.05, 4.69) is 23.9 Å². The third-order valence-corrected chi connectivity index (χ3v) is 3.54. The summed E-state index contributed by atoms with van der Waals surface area (Å²) in [5, 5.41) is 3.27. The molecule has 0 radical (unpaired) electrons. The van der Waals surface area contributed by atoms with Gasteiger partial charge in [-0.15, -0.1) is 0 Å². The summed E-state index contributed by atoms with van der Waals surface area (Å²) >= 11 is 0. The summed E-state index contributed by atoms with van der Waals surface area (Å²) in [6.07, 6.45) is -0.789. The average Bonchev–Trinajstić information content (AvgIpc) is 2.21. The molecule has 3 unspecified atom stereocenters. The van der Waals surface area contributed by atoms with Crippen LogP contribution in [-0.4, -0.2) is 32.0 Å². The van der Waals surface area contributed by atoms with Gasteiger partial charge in [-0.05, 0) is 31.1 Å². The number of alkyl halides is 3. The Morgan fingerprint density at radius 1 is 1.18 bits per heavy atom. The lowest BCUT2D eigenvalue weighted by molar-refractivity contribution is -0.173. The zero-order valence-corrected chi connectivity index (χ0v) is 10.5. The molecule has 0 spiro atoms. The first-order valence-corrected chi connectivity index (χ1v) is 6.26. The smallest absolute Gasteiger partial charge is 0.371 e. The molecule has 1 aliphatic carbocycles. The Hall–Kier alpha value is -0.290. The van der Waals surface area contributed by atoms with Crippen LogP contribution in [0, 0.1) is 11.8 Å². The van der Waals surface area contributed by atoms with Crippen molar-refractivity contribution in [1.82, 2.24) is 5.32 Å². The maximum atomic E-state index is 11.8. The molecule has 1 fully saturated rings. The highest BCUT2D eigenvalue weighted by atomic mass is 19.4. The molecule has 1 aliphatic rings. The summed E-state index contributed by atoms with van der Waals surface area (Å²) in [4.78, 5) is 0. The van der Waals surface area contributed by atoms with Gasteiger partial charge >= 0.3 is 6.18 Å². The summed E-state index contributed by atoms with van der Waals surface area (Å²) in [6, 6.07) is 0.440. The van der Waals surface area contributed by atoms with Crippen LogP contribution in [0.5, 0.6) is 0 Å². The Morgan fingerprint density at radius 3 is 2.47 bits per heavy atom. The minimum absolute atomic E-state index is 0.125. The van der Waals surface area contributed by atoms with Crippen LogP contribution in [0.1, 0.15) is 33.1 Å². The highest BCUT2D eigenvalue weighted by Crippen LogP contribution is 2.29. The van der Waals surface area contributed by atoms with Crippen molar-refractivity contribution in [2.24, 2.45) is 11.8 Å². The average molecular weight is 253 g/mol. The van der Waals surface area contributed by atoms with Gasteiger partial charge in [-0.25, -0.2) is 0 Å². The Labute approximate surface area is 101 Å². The predicted molar refractivity (Wildman–Crippen MR) is 60.8 cm³/mol. The van der Waals surface area contributed by atoms with Crippen LogP contribution >= 0.6 is 0 Å². The van der Waals surface area contributed by atoms with Gasteiger partial charge in [0.05, 0.1) is 6.61 Å². The van der Waals surface area contributed by atoms with Gasteiger partial charge in [0.15, 0.2) is 0 Å². The Bertz CT molecular complexity index is 220. The number of hydrogen-bond donors (Lipinski definition) is 1. The highest BCUT2D eigenvalue weighted by Gasteiger charge is 2.27. The van der Waals surface area contributed by atoms with Crippen molar-refractivity contribution in [2.75, 3.05) is 19.8 Å². The minimum Gasteiger partial charge on any atom is -0.371 e. The normalized spacial score (nSPS) is 30.5. The van der Waals surface area contributed by atoms with Crippen molar-refractivity contribution in [1.29, 1.82) is 0 Å². The fourth-order valence-corrected chi connectivity index (χ4v) is 2.26. The van der Waals surface area contributed by atoms with Gasteiger partial charge in [0.1, 0.15) is 6.61 Å². The Balaban J connectivity index is 2.04. The number of ether oxygens (including phenoxy) is 1. The minimum atomic E-state index is -4.21. The molecule has 0 saturated heterocycles. The van der Waals surface area contributed by atoms with Crippen molar-refractivity contribution < 1.29 is 17.9 Å². The van der Waals surface area contributed by atoms with E-state index in [1.165, 1.54) is 6.42 Å². The molecule has 0 aromatic carbocycles. The number of rotatable bonds is 5. The first-order chi connectivity index (χ1) is 7.88. The van der Waals surface area contributed by atoms with Crippen LogP contribution in [0.25, 0.3) is 0 Å². The van der Waals surface area contributed by atoms with E-state index in [0.29, 0.717) is 18.5 Å². The highest BCUT2D eigenvalue weighted by molar-refractivity contribution is 4.79. The third-order valence-electron chi connectivity index (χ3n) is 3.54. The number of hydrogen-bond acceptors (Lipinski definition) is 2. The summed E-state index contributed by atoms with van der Waals surface area (Å²) < 4.78 is 39.9. The summed E-state index contributed by atoms with van der Waals surface area (Å²) in [6.45, 7) is 3.97. The van der Waals surface area contributed by atoms with Crippen molar-refractivity contribution in [3.63, 3.8) is 0 Å². The maximum Gasteiger partial charge on any atom is 0.411 e. The lowest BCUT2D eigenvalue weighted by Crippen LogP contribution is -2.38. The van der Waals surface area contributed by atoms with Gasteiger partial charge in [0, 0.05) is 12.6 Å². The predicted octanol–water partition coefficient (Wildman–Crippen LogP) is 2.98. The molecule has 0 aromatic heterocycles. The van der Waals surface area contributed by atoms with Gasteiger partial charge in [0.2, 0.25) is 0 Å². The third kappa shape index (κ3) is 6.27. The molecule has 17 heavy (non-hydrogen) atoms. The number of nitrogens with one attached hydrogen (secondary N) is 1. The van der Waals surface area contributed by atoms with Crippen LogP contribution in [0.4, 0.5) is 13.2 Å². The molecule has 0 aromatic rings. The molecule has 0 amide bonds. The van der Waals surface area contributed by atoms with Crippen LogP contribution in [-0.2, 0) is 4.74 Å². The molecule has 3 atom stereocenters. The zero-order chi connectivity index (χ0) is 12.9. The van der Waals surface area contributed by atoms with E-state index < -0.39 is 12.8 Å². The summed E-state index contributed by atoms with van der Waals surface area (Å²) in [5.74, 6) is 1.45. The Kier molecular flexibility index (Phi) is 5.73. The lowest BCUT2D eigenvalue weighted by atomic mass is 9.79. The molecular formula is C12H22F3NO. The van der Waals surface area contributed by atoms with E-state index in [0.717, 1.165) is 18.8 Å². The second-order valence-corrected chi connectivity index (χ2v) is 5.09. The molecule has 1 rings (SSSR count). The molecular weight excluding hydrogens is 231 g/mol. The van der Waals surface area contributed by atoms with Gasteiger partial charge in [-0.3, -0.25) is 0 Å². The monoisotopic (exact) mass is 253 g/mol. The van der Waals surface area contributed by atoms with E-state index in [1.807, 2.05) is 0 Å². The quantitative estimate of drug-likeness (QED) is 0.761. The number of halogens is 3. The van der Waals surface area contributed by atoms with Crippen LogP contribution in [0.3, 0.4) is 0 Å². The van der Waals surface area contributed by atoms with E-state index in [1.54, 1.807) is 0 Å². The van der Waals surface area contributed by atoms with Crippen LogP contribution < -0.4 is 5.32 Å². The fourth-order valence-electron chi connectivity index (χ4n) is 2.26. The van der Waals surface area contributed by atoms with E-state index in [4.69, 9.17) is 0 Å². The second-order valence-electron chi connectivity index (χ2n) is 5.09. The molecule has 0 bridgehead atoms. The Morgan fingerprint density at radius 2 is 1.88 bits per heavy atom. The van der Waals surface area contributed by atoms with Gasteiger partial charge in [-0.2, -0.15) is 13.2 Å². The van der Waals surface area contributed by atoms with Crippen molar-refractivity contribution in [3.8, 4) is 0 Å². The van der Waals surface area contributed by atoms with E-state index in [9.17, 15) is 13.2 Å². The van der Waals surface area contributed by atoms with Crippen molar-refractivity contribution >= 4 is 0 Å². The first kappa shape index (κ1) is 14.8. The van der Waals surface area contributed by atoms with Crippen molar-refractivity contribution in [2.45, 2.75) is 45.3 Å². The largest absolute Gasteiger partial charge is 0.411 e. The topological polar surface area (TPSA) is 21.3 Å². The maximum absolute atomic E-state index is 11.8. The SMILES string of the molecule is CC1CCC(NCCOCC(F)(F)F)CC1C. The van der Waals surface area contributed by atoms with Gasteiger partial charge < -0.3 is 10.1 Å². The van der Waals surface area contributed by atoms with Gasteiger partial charge in [-0.1, -0.05) is 13.8 Å². The molecule has 2 nitrogen and oxygen atoms in total. The molecule has 0 heterocycles. The summed E-state index contributed by atoms with van der Waals surface area (Å²) in [7, 11) is 0.